The summed E-state index contributed by atoms with van der Waals surface area (Å²) in [5.74, 6) is 0. The molecule has 136 valence electrons. The summed E-state index contributed by atoms with van der Waals surface area (Å²) in [4.78, 5) is 4.66. The van der Waals surface area contributed by atoms with Gasteiger partial charge < -0.3 is 23.7 Å². The largest absolute Gasteiger partial charge is 0.379 e. The molecule has 0 aromatic rings. The van der Waals surface area contributed by atoms with Crippen molar-refractivity contribution in [1.82, 2.24) is 9.80 Å². The van der Waals surface area contributed by atoms with Crippen LogP contribution in [0, 0.1) is 0 Å². The maximum Gasteiger partial charge on any atom is 0.0701 e. The SMILES string of the molecule is C1COCCN2CCOCCOCCN(CCO1)CCOCC2. The quantitative estimate of drug-likeness (QED) is 0.565. The lowest BCUT2D eigenvalue weighted by Crippen LogP contribution is -2.35. The Kier molecular flexibility index (Phi) is 10.8. The molecule has 0 spiro atoms. The zero-order chi connectivity index (χ0) is 16.0. The van der Waals surface area contributed by atoms with Crippen molar-refractivity contribution in [1.29, 1.82) is 0 Å². The molecule has 23 heavy (non-hydrogen) atoms. The zero-order valence-corrected chi connectivity index (χ0v) is 14.2. The summed E-state index contributed by atoms with van der Waals surface area (Å²) >= 11 is 0. The number of rotatable bonds is 0. The molecular weight excluding hydrogens is 300 g/mol. The highest BCUT2D eigenvalue weighted by Crippen LogP contribution is 1.96. The van der Waals surface area contributed by atoms with Gasteiger partial charge in [0.05, 0.1) is 66.1 Å². The highest BCUT2D eigenvalue weighted by molar-refractivity contribution is 4.60. The van der Waals surface area contributed by atoms with E-state index >= 15 is 0 Å². The average molecular weight is 332 g/mol. The molecule has 2 aliphatic rings. The summed E-state index contributed by atoms with van der Waals surface area (Å²) < 4.78 is 28.4. The Balaban J connectivity index is 1.87. The minimum atomic E-state index is 0.657. The van der Waals surface area contributed by atoms with Crippen LogP contribution in [0.4, 0.5) is 0 Å². The van der Waals surface area contributed by atoms with Gasteiger partial charge in [0, 0.05) is 39.3 Å². The second-order valence-electron chi connectivity index (χ2n) is 5.75. The normalized spacial score (nSPS) is 31.3. The molecule has 7 heteroatoms. The summed E-state index contributed by atoms with van der Waals surface area (Å²) in [6, 6.07) is 0. The van der Waals surface area contributed by atoms with E-state index in [1.807, 2.05) is 0 Å². The molecule has 2 fully saturated rings. The maximum atomic E-state index is 5.80. The first-order valence-electron chi connectivity index (χ1n) is 8.78. The first-order chi connectivity index (χ1) is 11.4. The van der Waals surface area contributed by atoms with Gasteiger partial charge in [-0.05, 0) is 0 Å². The Morgan fingerprint density at radius 2 is 0.522 bits per heavy atom. The fourth-order valence-electron chi connectivity index (χ4n) is 2.58. The average Bonchev–Trinajstić information content (AvgIpc) is 2.57. The predicted molar refractivity (Wildman–Crippen MR) is 87.0 cm³/mol. The van der Waals surface area contributed by atoms with Crippen molar-refractivity contribution in [2.45, 2.75) is 0 Å². The molecule has 0 radical (unpaired) electrons. The van der Waals surface area contributed by atoms with E-state index in [1.165, 1.54) is 0 Å². The van der Waals surface area contributed by atoms with E-state index < -0.39 is 0 Å². The van der Waals surface area contributed by atoms with Crippen LogP contribution in [0.2, 0.25) is 0 Å². The lowest BCUT2D eigenvalue weighted by Gasteiger charge is -2.22. The predicted octanol–water partition coefficient (Wildman–Crippen LogP) is -0.299. The van der Waals surface area contributed by atoms with E-state index in [1.54, 1.807) is 0 Å². The number of ether oxygens (including phenoxy) is 5. The van der Waals surface area contributed by atoms with E-state index in [-0.39, 0.29) is 0 Å². The first kappa shape index (κ1) is 19.1. The fraction of sp³-hybridized carbons (Fsp3) is 1.00. The molecule has 0 aromatic heterocycles. The van der Waals surface area contributed by atoms with E-state index in [0.29, 0.717) is 26.4 Å². The van der Waals surface area contributed by atoms with Crippen molar-refractivity contribution in [2.24, 2.45) is 0 Å². The van der Waals surface area contributed by atoms with Crippen LogP contribution in [-0.2, 0) is 23.7 Å². The Morgan fingerprint density at radius 1 is 0.304 bits per heavy atom. The van der Waals surface area contributed by atoms with Gasteiger partial charge in [0.15, 0.2) is 0 Å². The van der Waals surface area contributed by atoms with Gasteiger partial charge in [0.2, 0.25) is 0 Å². The number of nitrogens with zero attached hydrogens (tertiary/aromatic N) is 2. The molecule has 0 unspecified atom stereocenters. The van der Waals surface area contributed by atoms with Crippen molar-refractivity contribution in [3.8, 4) is 0 Å². The van der Waals surface area contributed by atoms with Crippen LogP contribution in [-0.4, -0.2) is 115 Å². The van der Waals surface area contributed by atoms with Gasteiger partial charge in [-0.3, -0.25) is 9.80 Å². The number of hydrogen-bond acceptors (Lipinski definition) is 7. The molecule has 0 saturated carbocycles. The summed E-state index contributed by atoms with van der Waals surface area (Å²) in [6.45, 7) is 12.4. The number of hydrogen-bond donors (Lipinski definition) is 0. The summed E-state index contributed by atoms with van der Waals surface area (Å²) in [5.41, 5.74) is 0. The molecule has 2 saturated heterocycles. The topological polar surface area (TPSA) is 52.6 Å². The van der Waals surface area contributed by atoms with Crippen LogP contribution in [0.1, 0.15) is 0 Å². The molecule has 2 rings (SSSR count). The van der Waals surface area contributed by atoms with Crippen LogP contribution in [0.15, 0.2) is 0 Å². The highest BCUT2D eigenvalue weighted by atomic mass is 16.5. The van der Waals surface area contributed by atoms with Gasteiger partial charge in [-0.15, -0.1) is 0 Å². The van der Waals surface area contributed by atoms with Crippen molar-refractivity contribution < 1.29 is 23.7 Å². The summed E-state index contributed by atoms with van der Waals surface area (Å²) in [6.07, 6.45) is 0. The van der Waals surface area contributed by atoms with E-state index in [4.69, 9.17) is 23.7 Å². The van der Waals surface area contributed by atoms with Gasteiger partial charge in [-0.2, -0.15) is 0 Å². The Hall–Kier alpha value is -0.280. The highest BCUT2D eigenvalue weighted by Gasteiger charge is 2.09. The monoisotopic (exact) mass is 332 g/mol. The molecule has 0 amide bonds. The number of fused-ring (bicyclic) bond motifs is 6. The fourth-order valence-corrected chi connectivity index (χ4v) is 2.58. The minimum absolute atomic E-state index is 0.657. The third-order valence-corrected chi connectivity index (χ3v) is 4.06. The maximum absolute atomic E-state index is 5.80. The molecule has 0 aromatic carbocycles. The van der Waals surface area contributed by atoms with Crippen molar-refractivity contribution in [3.63, 3.8) is 0 Å². The smallest absolute Gasteiger partial charge is 0.0701 e. The van der Waals surface area contributed by atoms with Crippen LogP contribution >= 0.6 is 0 Å². The van der Waals surface area contributed by atoms with Crippen LogP contribution in [0.3, 0.4) is 0 Å². The second kappa shape index (κ2) is 13.1. The van der Waals surface area contributed by atoms with Crippen LogP contribution in [0.5, 0.6) is 0 Å². The molecule has 0 N–H and O–H groups in total. The van der Waals surface area contributed by atoms with E-state index in [0.717, 1.165) is 78.9 Å². The summed E-state index contributed by atoms with van der Waals surface area (Å²) in [7, 11) is 0. The Labute approximate surface area is 139 Å². The summed E-state index contributed by atoms with van der Waals surface area (Å²) in [5, 5.41) is 0. The Morgan fingerprint density at radius 3 is 0.783 bits per heavy atom. The van der Waals surface area contributed by atoms with Crippen LogP contribution < -0.4 is 0 Å². The standard InChI is InChI=1S/C16H32N2O5/c1-7-19-8-2-18-5-11-22-15-13-20-9-3-17(1)4-10-21-14-16-23-12-6-18/h1-16H2. The molecule has 2 bridgehead atoms. The van der Waals surface area contributed by atoms with Gasteiger partial charge in [-0.1, -0.05) is 0 Å². The molecule has 2 heterocycles. The van der Waals surface area contributed by atoms with E-state index in [2.05, 4.69) is 9.80 Å². The minimum Gasteiger partial charge on any atom is -0.379 e. The molecule has 7 nitrogen and oxygen atoms in total. The lowest BCUT2D eigenvalue weighted by atomic mass is 10.4. The second-order valence-corrected chi connectivity index (χ2v) is 5.75. The van der Waals surface area contributed by atoms with E-state index in [9.17, 15) is 0 Å². The van der Waals surface area contributed by atoms with Gasteiger partial charge in [-0.25, -0.2) is 0 Å². The van der Waals surface area contributed by atoms with Gasteiger partial charge >= 0.3 is 0 Å². The first-order valence-corrected chi connectivity index (χ1v) is 8.78. The third kappa shape index (κ3) is 9.56. The molecule has 0 atom stereocenters. The van der Waals surface area contributed by atoms with Crippen molar-refractivity contribution in [3.05, 3.63) is 0 Å². The van der Waals surface area contributed by atoms with Crippen LogP contribution in [0.25, 0.3) is 0 Å². The lowest BCUT2D eigenvalue weighted by molar-refractivity contribution is 0.00977. The van der Waals surface area contributed by atoms with Crippen molar-refractivity contribution in [2.75, 3.05) is 105 Å². The van der Waals surface area contributed by atoms with Gasteiger partial charge in [0.25, 0.3) is 0 Å². The molecule has 2 aliphatic heterocycles. The van der Waals surface area contributed by atoms with Crippen molar-refractivity contribution >= 4 is 0 Å². The zero-order valence-electron chi connectivity index (χ0n) is 14.2. The molecule has 0 aliphatic carbocycles. The van der Waals surface area contributed by atoms with Gasteiger partial charge in [0.1, 0.15) is 0 Å². The third-order valence-electron chi connectivity index (χ3n) is 4.06. The Bertz CT molecular complexity index is 237. The molecular formula is C16H32N2O5.